The molecule has 2 aromatic carbocycles. The summed E-state index contributed by atoms with van der Waals surface area (Å²) in [6.45, 7) is 2.12. The molecule has 0 aliphatic heterocycles. The number of hydrazine groups is 1. The summed E-state index contributed by atoms with van der Waals surface area (Å²) in [5.41, 5.74) is 5.83. The van der Waals surface area contributed by atoms with E-state index in [1.54, 1.807) is 0 Å². The van der Waals surface area contributed by atoms with Gasteiger partial charge in [0.25, 0.3) is 5.91 Å². The second-order valence-electron chi connectivity index (χ2n) is 5.29. The highest BCUT2D eigenvalue weighted by Crippen LogP contribution is 2.12. The minimum Gasteiger partial charge on any atom is -0.493 e. The van der Waals surface area contributed by atoms with Crippen LogP contribution >= 0.6 is 0 Å². The van der Waals surface area contributed by atoms with Crippen molar-refractivity contribution in [1.82, 2.24) is 10.9 Å². The molecule has 0 bridgehead atoms. The monoisotopic (exact) mass is 342 g/mol. The van der Waals surface area contributed by atoms with Crippen molar-refractivity contribution in [1.29, 1.82) is 0 Å². The summed E-state index contributed by atoms with van der Waals surface area (Å²) in [6.07, 6.45) is 1.08. The third kappa shape index (κ3) is 6.95. The highest BCUT2D eigenvalue weighted by atomic mass is 16.5. The summed E-state index contributed by atoms with van der Waals surface area (Å²) in [5.74, 6) is 0.533. The average Bonchev–Trinajstić information content (AvgIpc) is 2.66. The van der Waals surface area contributed by atoms with Crippen LogP contribution in [0.3, 0.4) is 0 Å². The van der Waals surface area contributed by atoms with E-state index < -0.39 is 5.91 Å². The fourth-order valence-electron chi connectivity index (χ4n) is 1.99. The Morgan fingerprint density at radius 2 is 1.48 bits per heavy atom. The van der Waals surface area contributed by atoms with Gasteiger partial charge in [0, 0.05) is 0 Å². The van der Waals surface area contributed by atoms with Gasteiger partial charge < -0.3 is 9.47 Å². The topological polar surface area (TPSA) is 76.7 Å². The largest absolute Gasteiger partial charge is 0.493 e. The van der Waals surface area contributed by atoms with Crippen molar-refractivity contribution >= 4 is 11.8 Å². The number of nitrogens with one attached hydrogen (secondary N) is 2. The van der Waals surface area contributed by atoms with Gasteiger partial charge in [-0.25, -0.2) is 0 Å². The van der Waals surface area contributed by atoms with Crippen molar-refractivity contribution in [3.8, 4) is 11.5 Å². The van der Waals surface area contributed by atoms with Crippen LogP contribution in [0, 0.1) is 0 Å². The van der Waals surface area contributed by atoms with Crippen LogP contribution in [0.4, 0.5) is 0 Å². The molecule has 0 aliphatic rings. The number of hydrogen-bond donors (Lipinski definition) is 2. The van der Waals surface area contributed by atoms with Crippen molar-refractivity contribution in [3.05, 3.63) is 60.2 Å². The fourth-order valence-corrected chi connectivity index (χ4v) is 1.99. The Balaban J connectivity index is 1.59. The Bertz CT molecular complexity index is 672. The minimum atomic E-state index is -0.433. The normalized spacial score (nSPS) is 9.96. The van der Waals surface area contributed by atoms with Crippen LogP contribution in [0.1, 0.15) is 18.9 Å². The average molecular weight is 342 g/mol. The molecule has 2 N–H and O–H groups in total. The predicted molar refractivity (Wildman–Crippen MR) is 94.2 cm³/mol. The highest BCUT2D eigenvalue weighted by Gasteiger charge is 2.06. The van der Waals surface area contributed by atoms with Gasteiger partial charge in [0.2, 0.25) is 5.91 Å². The zero-order chi connectivity index (χ0) is 17.9. The van der Waals surface area contributed by atoms with Crippen molar-refractivity contribution < 1.29 is 19.1 Å². The lowest BCUT2D eigenvalue weighted by Gasteiger charge is -2.09. The van der Waals surface area contributed by atoms with E-state index in [0.29, 0.717) is 11.5 Å². The molecule has 0 heterocycles. The number of hydrogen-bond acceptors (Lipinski definition) is 4. The molecule has 0 fully saturated rings. The second kappa shape index (κ2) is 9.97. The molecule has 6 nitrogen and oxygen atoms in total. The third-order valence-electron chi connectivity index (χ3n) is 3.38. The molecule has 132 valence electrons. The van der Waals surface area contributed by atoms with Gasteiger partial charge in [0.05, 0.1) is 13.0 Å². The van der Waals surface area contributed by atoms with Crippen LogP contribution in [-0.2, 0) is 16.0 Å². The van der Waals surface area contributed by atoms with Gasteiger partial charge in [0.15, 0.2) is 6.61 Å². The molecule has 6 heteroatoms. The van der Waals surface area contributed by atoms with E-state index >= 15 is 0 Å². The molecule has 0 radical (unpaired) electrons. The lowest BCUT2D eigenvalue weighted by Crippen LogP contribution is -2.44. The number of rotatable bonds is 8. The standard InChI is InChI=1S/C19H22N2O4/c1-2-15-8-10-17(11-9-15)25-14-19(23)21-20-18(22)12-13-24-16-6-4-3-5-7-16/h3-11H,2,12-14H2,1H3,(H,20,22)(H,21,23). The molecule has 2 rings (SSSR count). The van der Waals surface area contributed by atoms with Crippen LogP contribution in [-0.4, -0.2) is 25.0 Å². The van der Waals surface area contributed by atoms with Crippen LogP contribution < -0.4 is 20.3 Å². The zero-order valence-corrected chi connectivity index (χ0v) is 14.2. The molecule has 0 atom stereocenters. The Labute approximate surface area is 147 Å². The molecular formula is C19H22N2O4. The molecule has 2 aromatic rings. The molecule has 0 saturated carbocycles. The first-order valence-corrected chi connectivity index (χ1v) is 8.14. The first kappa shape index (κ1) is 18.3. The lowest BCUT2D eigenvalue weighted by molar-refractivity contribution is -0.130. The minimum absolute atomic E-state index is 0.133. The van der Waals surface area contributed by atoms with Crippen LogP contribution in [0.5, 0.6) is 11.5 Å². The number of amides is 2. The van der Waals surface area contributed by atoms with Crippen molar-refractivity contribution in [3.63, 3.8) is 0 Å². The van der Waals surface area contributed by atoms with Gasteiger partial charge in [-0.15, -0.1) is 0 Å². The highest BCUT2D eigenvalue weighted by molar-refractivity contribution is 5.82. The number of ether oxygens (including phenoxy) is 2. The van der Waals surface area contributed by atoms with Crippen LogP contribution in [0.15, 0.2) is 54.6 Å². The smallest absolute Gasteiger partial charge is 0.276 e. The van der Waals surface area contributed by atoms with E-state index in [0.717, 1.165) is 6.42 Å². The Kier molecular flexibility index (Phi) is 7.31. The Hall–Kier alpha value is -3.02. The molecule has 0 aromatic heterocycles. The summed E-state index contributed by atoms with van der Waals surface area (Å²) < 4.78 is 10.8. The first-order chi connectivity index (χ1) is 12.2. The van der Waals surface area contributed by atoms with Crippen molar-refractivity contribution in [2.75, 3.05) is 13.2 Å². The van der Waals surface area contributed by atoms with E-state index in [1.165, 1.54) is 5.56 Å². The van der Waals surface area contributed by atoms with Crippen molar-refractivity contribution in [2.24, 2.45) is 0 Å². The van der Waals surface area contributed by atoms with E-state index in [-0.39, 0.29) is 25.5 Å². The van der Waals surface area contributed by atoms with Gasteiger partial charge in [-0.05, 0) is 36.2 Å². The maximum absolute atomic E-state index is 11.7. The summed E-state index contributed by atoms with van der Waals surface area (Å²) in [4.78, 5) is 23.3. The number of para-hydroxylation sites is 1. The van der Waals surface area contributed by atoms with Gasteiger partial charge in [-0.2, -0.15) is 0 Å². The predicted octanol–water partition coefficient (Wildman–Crippen LogP) is 2.24. The summed E-state index contributed by atoms with van der Waals surface area (Å²) in [5, 5.41) is 0. The van der Waals surface area contributed by atoms with E-state index in [4.69, 9.17) is 9.47 Å². The Morgan fingerprint density at radius 1 is 0.840 bits per heavy atom. The lowest BCUT2D eigenvalue weighted by atomic mass is 10.2. The maximum Gasteiger partial charge on any atom is 0.276 e. The molecule has 0 saturated heterocycles. The van der Waals surface area contributed by atoms with E-state index in [9.17, 15) is 9.59 Å². The van der Waals surface area contributed by atoms with E-state index in [2.05, 4.69) is 17.8 Å². The molecule has 0 spiro atoms. The number of benzene rings is 2. The number of aryl methyl sites for hydroxylation is 1. The summed E-state index contributed by atoms with van der Waals surface area (Å²) in [7, 11) is 0. The molecular weight excluding hydrogens is 320 g/mol. The van der Waals surface area contributed by atoms with E-state index in [1.807, 2.05) is 54.6 Å². The second-order valence-corrected chi connectivity index (χ2v) is 5.29. The summed E-state index contributed by atoms with van der Waals surface area (Å²) >= 11 is 0. The van der Waals surface area contributed by atoms with Gasteiger partial charge >= 0.3 is 0 Å². The van der Waals surface area contributed by atoms with Crippen LogP contribution in [0.2, 0.25) is 0 Å². The summed E-state index contributed by atoms with van der Waals surface area (Å²) in [6, 6.07) is 16.7. The van der Waals surface area contributed by atoms with Gasteiger partial charge in [-0.3, -0.25) is 20.4 Å². The quantitative estimate of drug-likeness (QED) is 0.722. The molecule has 0 unspecified atom stereocenters. The van der Waals surface area contributed by atoms with Crippen LogP contribution in [0.25, 0.3) is 0 Å². The molecule has 25 heavy (non-hydrogen) atoms. The van der Waals surface area contributed by atoms with Crippen molar-refractivity contribution in [2.45, 2.75) is 19.8 Å². The number of carbonyl (C=O) groups excluding carboxylic acids is 2. The zero-order valence-electron chi connectivity index (χ0n) is 14.2. The molecule has 2 amide bonds. The van der Waals surface area contributed by atoms with Gasteiger partial charge in [0.1, 0.15) is 11.5 Å². The number of carbonyl (C=O) groups is 2. The first-order valence-electron chi connectivity index (χ1n) is 8.14. The van der Waals surface area contributed by atoms with Gasteiger partial charge in [-0.1, -0.05) is 37.3 Å². The maximum atomic E-state index is 11.7. The molecule has 0 aliphatic carbocycles. The Morgan fingerprint density at radius 3 is 2.16 bits per heavy atom. The SMILES string of the molecule is CCc1ccc(OCC(=O)NNC(=O)CCOc2ccccc2)cc1. The fraction of sp³-hybridized carbons (Fsp3) is 0.263. The third-order valence-corrected chi connectivity index (χ3v) is 3.38.